The van der Waals surface area contributed by atoms with Crippen LogP contribution in [0, 0.1) is 0 Å². The second-order valence-corrected chi connectivity index (χ2v) is 5.72. The number of halogens is 1. The van der Waals surface area contributed by atoms with Gasteiger partial charge in [0.15, 0.2) is 0 Å². The first-order valence-corrected chi connectivity index (χ1v) is 7.78. The standard InChI is InChI=1S/C14H13N2S2.HI/c1-16-11-8-9-18-12(11)14(17-2)15-13(16)10-6-4-3-5-7-10;/h3-9H,1-2H3;1H/q+1;/p-1. The van der Waals surface area contributed by atoms with E-state index in [2.05, 4.69) is 41.4 Å². The lowest BCUT2D eigenvalue weighted by Gasteiger charge is -2.02. The van der Waals surface area contributed by atoms with Gasteiger partial charge in [-0.15, -0.1) is 11.3 Å². The van der Waals surface area contributed by atoms with E-state index in [1.165, 1.54) is 10.2 Å². The first kappa shape index (κ1) is 14.7. The van der Waals surface area contributed by atoms with Crippen molar-refractivity contribution in [2.45, 2.75) is 5.03 Å². The largest absolute Gasteiger partial charge is 1.00 e. The molecule has 1 aromatic carbocycles. The molecule has 0 atom stereocenters. The molecule has 0 saturated heterocycles. The number of nitrogens with zero attached hydrogens (tertiary/aromatic N) is 2. The Morgan fingerprint density at radius 3 is 2.58 bits per heavy atom. The molecule has 3 aromatic rings. The van der Waals surface area contributed by atoms with Crippen LogP contribution in [0.1, 0.15) is 0 Å². The second kappa shape index (κ2) is 6.19. The molecule has 19 heavy (non-hydrogen) atoms. The van der Waals surface area contributed by atoms with Crippen LogP contribution in [0.25, 0.3) is 21.6 Å². The van der Waals surface area contributed by atoms with E-state index in [9.17, 15) is 0 Å². The Hall–Kier alpha value is -0.660. The molecule has 0 unspecified atom stereocenters. The zero-order valence-electron chi connectivity index (χ0n) is 10.6. The molecular formula is C14H13IN2S2. The van der Waals surface area contributed by atoms with Gasteiger partial charge in [0.05, 0.1) is 12.6 Å². The average molecular weight is 400 g/mol. The summed E-state index contributed by atoms with van der Waals surface area (Å²) in [6.07, 6.45) is 2.08. The monoisotopic (exact) mass is 400 g/mol. The van der Waals surface area contributed by atoms with Crippen molar-refractivity contribution < 1.29 is 28.5 Å². The van der Waals surface area contributed by atoms with Gasteiger partial charge in [-0.1, -0.05) is 30.0 Å². The summed E-state index contributed by atoms with van der Waals surface area (Å²) < 4.78 is 3.44. The van der Waals surface area contributed by atoms with Gasteiger partial charge in [0.2, 0.25) is 5.03 Å². The number of hydrogen-bond donors (Lipinski definition) is 0. The Balaban J connectivity index is 0.00000133. The maximum Gasteiger partial charge on any atom is 0.331 e. The first-order chi connectivity index (χ1) is 8.81. The third-order valence-corrected chi connectivity index (χ3v) is 4.67. The third-order valence-electron chi connectivity index (χ3n) is 2.95. The quantitative estimate of drug-likeness (QED) is 0.270. The van der Waals surface area contributed by atoms with E-state index in [1.807, 2.05) is 18.2 Å². The van der Waals surface area contributed by atoms with Crippen LogP contribution in [0.3, 0.4) is 0 Å². The van der Waals surface area contributed by atoms with Gasteiger partial charge in [0.1, 0.15) is 10.2 Å². The van der Waals surface area contributed by atoms with Gasteiger partial charge in [0, 0.05) is 0 Å². The SMILES string of the molecule is CSc1nc(-c2ccccc2)[n+](C)c2ccsc12.[I-]. The summed E-state index contributed by atoms with van der Waals surface area (Å²) in [5, 5.41) is 3.23. The van der Waals surface area contributed by atoms with Crippen LogP contribution in [-0.4, -0.2) is 11.2 Å². The van der Waals surface area contributed by atoms with Crippen molar-refractivity contribution in [1.82, 2.24) is 4.98 Å². The fraction of sp³-hybridized carbons (Fsp3) is 0.143. The van der Waals surface area contributed by atoms with Crippen molar-refractivity contribution in [3.8, 4) is 11.4 Å². The number of thiophene rings is 1. The summed E-state index contributed by atoms with van der Waals surface area (Å²) in [6, 6.07) is 12.5. The Morgan fingerprint density at radius 2 is 1.89 bits per heavy atom. The predicted molar refractivity (Wildman–Crippen MR) is 78.0 cm³/mol. The molecule has 0 fully saturated rings. The molecule has 2 nitrogen and oxygen atoms in total. The van der Waals surface area contributed by atoms with Gasteiger partial charge in [-0.05, 0) is 34.8 Å². The van der Waals surface area contributed by atoms with Crippen LogP contribution in [0.15, 0.2) is 46.8 Å². The van der Waals surface area contributed by atoms with E-state index >= 15 is 0 Å². The van der Waals surface area contributed by atoms with Crippen LogP contribution in [-0.2, 0) is 7.05 Å². The van der Waals surface area contributed by atoms with Crippen molar-refractivity contribution in [3.63, 3.8) is 0 Å². The number of rotatable bonds is 2. The number of fused-ring (bicyclic) bond motifs is 1. The van der Waals surface area contributed by atoms with Gasteiger partial charge in [-0.3, -0.25) is 0 Å². The minimum absolute atomic E-state index is 0. The Kier molecular flexibility index (Phi) is 4.81. The van der Waals surface area contributed by atoms with Gasteiger partial charge in [0.25, 0.3) is 0 Å². The maximum atomic E-state index is 4.80. The number of benzene rings is 1. The van der Waals surface area contributed by atoms with E-state index in [0.29, 0.717) is 0 Å². The number of hydrogen-bond acceptors (Lipinski definition) is 3. The van der Waals surface area contributed by atoms with Crippen LogP contribution in [0.5, 0.6) is 0 Å². The molecule has 0 amide bonds. The van der Waals surface area contributed by atoms with Gasteiger partial charge >= 0.3 is 5.82 Å². The lowest BCUT2D eigenvalue weighted by Crippen LogP contribution is -3.00. The molecule has 98 valence electrons. The zero-order chi connectivity index (χ0) is 12.5. The van der Waals surface area contributed by atoms with Crippen LogP contribution >= 0.6 is 23.1 Å². The van der Waals surface area contributed by atoms with E-state index in [0.717, 1.165) is 16.4 Å². The van der Waals surface area contributed by atoms with Gasteiger partial charge in [-0.25, -0.2) is 4.57 Å². The van der Waals surface area contributed by atoms with Crippen molar-refractivity contribution in [1.29, 1.82) is 0 Å². The molecule has 0 saturated carbocycles. The van der Waals surface area contributed by atoms with Crippen molar-refractivity contribution in [2.75, 3.05) is 6.26 Å². The highest BCUT2D eigenvalue weighted by molar-refractivity contribution is 7.98. The van der Waals surface area contributed by atoms with E-state index < -0.39 is 0 Å². The molecule has 0 aliphatic rings. The molecule has 0 radical (unpaired) electrons. The Morgan fingerprint density at radius 1 is 1.16 bits per heavy atom. The highest BCUT2D eigenvalue weighted by Gasteiger charge is 2.21. The summed E-state index contributed by atoms with van der Waals surface area (Å²) in [5.41, 5.74) is 2.40. The first-order valence-electron chi connectivity index (χ1n) is 5.68. The second-order valence-electron chi connectivity index (χ2n) is 4.00. The fourth-order valence-corrected chi connectivity index (χ4v) is 3.71. The van der Waals surface area contributed by atoms with Crippen molar-refractivity contribution in [3.05, 3.63) is 41.8 Å². The number of thioether (sulfide) groups is 1. The van der Waals surface area contributed by atoms with Gasteiger partial charge < -0.3 is 24.0 Å². The number of aryl methyl sites for hydroxylation is 1. The molecule has 0 spiro atoms. The van der Waals surface area contributed by atoms with Crippen molar-refractivity contribution in [2.24, 2.45) is 7.05 Å². The Bertz CT molecular complexity index is 695. The molecule has 2 heterocycles. The van der Waals surface area contributed by atoms with Crippen LogP contribution in [0.4, 0.5) is 0 Å². The van der Waals surface area contributed by atoms with Crippen molar-refractivity contribution >= 4 is 33.3 Å². The minimum atomic E-state index is 0. The highest BCUT2D eigenvalue weighted by Crippen LogP contribution is 2.29. The molecule has 0 N–H and O–H groups in total. The zero-order valence-corrected chi connectivity index (χ0v) is 14.4. The smallest absolute Gasteiger partial charge is 0.331 e. The van der Waals surface area contributed by atoms with E-state index in [1.54, 1.807) is 23.1 Å². The molecular weight excluding hydrogens is 387 g/mol. The molecule has 0 bridgehead atoms. The predicted octanol–water partition coefficient (Wildman–Crippen LogP) is 0.514. The summed E-state index contributed by atoms with van der Waals surface area (Å²) in [5.74, 6) is 1.02. The Labute approximate surface area is 137 Å². The molecule has 0 aliphatic heterocycles. The van der Waals surface area contributed by atoms with Crippen LogP contribution < -0.4 is 28.5 Å². The summed E-state index contributed by atoms with van der Waals surface area (Å²) >= 11 is 3.46. The average Bonchev–Trinajstić information content (AvgIpc) is 2.90. The topological polar surface area (TPSA) is 16.8 Å². The lowest BCUT2D eigenvalue weighted by atomic mass is 10.2. The molecule has 5 heteroatoms. The van der Waals surface area contributed by atoms with E-state index in [4.69, 9.17) is 4.98 Å². The third kappa shape index (κ3) is 2.64. The molecule has 3 rings (SSSR count). The molecule has 0 aliphatic carbocycles. The number of aromatic nitrogens is 2. The molecule has 2 aromatic heterocycles. The highest BCUT2D eigenvalue weighted by atomic mass is 127. The summed E-state index contributed by atoms with van der Waals surface area (Å²) in [7, 11) is 2.08. The van der Waals surface area contributed by atoms with E-state index in [-0.39, 0.29) is 24.0 Å². The van der Waals surface area contributed by atoms with Crippen LogP contribution in [0.2, 0.25) is 0 Å². The fourth-order valence-electron chi connectivity index (χ4n) is 2.05. The minimum Gasteiger partial charge on any atom is -1.00 e. The maximum absolute atomic E-state index is 4.80. The normalized spacial score (nSPS) is 10.4. The lowest BCUT2D eigenvalue weighted by molar-refractivity contribution is -0.636. The van der Waals surface area contributed by atoms with Gasteiger partial charge in [-0.2, -0.15) is 0 Å². The summed E-state index contributed by atoms with van der Waals surface area (Å²) in [6.45, 7) is 0. The summed E-state index contributed by atoms with van der Waals surface area (Å²) in [4.78, 5) is 4.80.